The van der Waals surface area contributed by atoms with Crippen LogP contribution in [-0.2, 0) is 16.6 Å². The number of pyridine rings is 1. The van der Waals surface area contributed by atoms with E-state index in [1.807, 2.05) is 63.7 Å². The molecule has 0 saturated heterocycles. The Hall–Kier alpha value is -3.33. The lowest BCUT2D eigenvalue weighted by molar-refractivity contribution is -0.160. The maximum Gasteiger partial charge on any atom is 0.337 e. The summed E-state index contributed by atoms with van der Waals surface area (Å²) in [7, 11) is 1.88. The molecule has 0 aliphatic carbocycles. The molecule has 3 heterocycles. The molecule has 1 atom stereocenters. The van der Waals surface area contributed by atoms with Crippen LogP contribution in [0.15, 0.2) is 48.8 Å². The summed E-state index contributed by atoms with van der Waals surface area (Å²) in [6.45, 7) is 7.46. The van der Waals surface area contributed by atoms with Crippen LogP contribution in [0.25, 0.3) is 42.9 Å². The van der Waals surface area contributed by atoms with E-state index in [9.17, 15) is 9.90 Å². The monoisotopic (exact) mass is 520 g/mol. The third kappa shape index (κ3) is 4.36. The molecule has 0 aliphatic heterocycles. The summed E-state index contributed by atoms with van der Waals surface area (Å²) < 4.78 is 8.77. The molecule has 9 heteroatoms. The van der Waals surface area contributed by atoms with Crippen molar-refractivity contribution >= 4 is 50.0 Å². The highest BCUT2D eigenvalue weighted by atomic mass is 35.5. The third-order valence-corrected chi connectivity index (χ3v) is 7.20. The van der Waals surface area contributed by atoms with Crippen LogP contribution < -0.4 is 0 Å². The van der Waals surface area contributed by atoms with Gasteiger partial charge in [-0.1, -0.05) is 23.7 Å². The number of carbonyl (C=O) groups is 1. The molecule has 2 aromatic carbocycles. The summed E-state index contributed by atoms with van der Waals surface area (Å²) in [5.41, 5.74) is 4.84. The van der Waals surface area contributed by atoms with Crippen LogP contribution in [-0.4, -0.2) is 36.4 Å². The van der Waals surface area contributed by atoms with Gasteiger partial charge in [-0.05, 0) is 63.1 Å². The number of aryl methyl sites for hydroxylation is 2. The van der Waals surface area contributed by atoms with Crippen LogP contribution in [0.1, 0.15) is 38.0 Å². The van der Waals surface area contributed by atoms with Crippen molar-refractivity contribution in [1.29, 1.82) is 0 Å². The van der Waals surface area contributed by atoms with Crippen molar-refractivity contribution in [1.82, 2.24) is 19.7 Å². The first-order valence-corrected chi connectivity index (χ1v) is 12.6. The van der Waals surface area contributed by atoms with Gasteiger partial charge in [0.1, 0.15) is 10.7 Å². The predicted molar refractivity (Wildman–Crippen MR) is 144 cm³/mol. The van der Waals surface area contributed by atoms with Crippen molar-refractivity contribution in [3.63, 3.8) is 0 Å². The lowest BCUT2D eigenvalue weighted by Crippen LogP contribution is -2.28. The number of thiazole rings is 1. The minimum absolute atomic E-state index is 0.601. The van der Waals surface area contributed by atoms with E-state index >= 15 is 0 Å². The summed E-state index contributed by atoms with van der Waals surface area (Å²) in [5.74, 6) is -1.05. The van der Waals surface area contributed by atoms with Gasteiger partial charge in [-0.25, -0.2) is 9.78 Å². The van der Waals surface area contributed by atoms with Crippen molar-refractivity contribution in [2.24, 2.45) is 7.05 Å². The number of carboxylic acids is 1. The molecule has 1 N–H and O–H groups in total. The van der Waals surface area contributed by atoms with E-state index in [-0.39, 0.29) is 0 Å². The Bertz CT molecular complexity index is 1620. The van der Waals surface area contributed by atoms with Crippen LogP contribution in [0.2, 0.25) is 5.02 Å². The fraction of sp³-hybridized carbons (Fsp3) is 0.259. The average Bonchev–Trinajstić information content (AvgIpc) is 3.36. The summed E-state index contributed by atoms with van der Waals surface area (Å²) in [5, 5.41) is 17.1. The number of hydrogen-bond acceptors (Lipinski definition) is 6. The van der Waals surface area contributed by atoms with Crippen LogP contribution in [0, 0.1) is 6.92 Å². The normalized spacial score (nSPS) is 12.9. The van der Waals surface area contributed by atoms with E-state index in [4.69, 9.17) is 21.3 Å². The Kier molecular flexibility index (Phi) is 6.06. The van der Waals surface area contributed by atoms with Gasteiger partial charge in [0.05, 0.1) is 21.3 Å². The maximum absolute atomic E-state index is 12.5. The number of carboxylic acid groups (broad SMARTS) is 1. The summed E-state index contributed by atoms with van der Waals surface area (Å²) in [6, 6.07) is 11.2. The quantitative estimate of drug-likeness (QED) is 0.273. The molecule has 0 spiro atoms. The van der Waals surface area contributed by atoms with Gasteiger partial charge >= 0.3 is 5.97 Å². The number of benzene rings is 2. The van der Waals surface area contributed by atoms with Gasteiger partial charge in [-0.3, -0.25) is 9.67 Å². The molecule has 0 radical (unpaired) electrons. The van der Waals surface area contributed by atoms with Gasteiger partial charge in [0.25, 0.3) is 0 Å². The number of aliphatic carboxylic acids is 1. The number of ether oxygens (including phenoxy) is 1. The molecule has 0 saturated carbocycles. The van der Waals surface area contributed by atoms with E-state index in [0.29, 0.717) is 10.6 Å². The SMILES string of the molecule is Cc1cc2nc(-c3c4cnccc4nn3C)sc2c(-c2ccc(Cl)cc2)c1[C@H](OC(C)(C)C)C(=O)O. The zero-order valence-electron chi connectivity index (χ0n) is 20.5. The smallest absolute Gasteiger partial charge is 0.337 e. The molecule has 0 amide bonds. The standard InChI is InChI=1S/C27H25ClN4O3S/c1-14-12-19-24(36-25(30-19)22-17-13-29-11-10-18(17)31-32(22)5)21(15-6-8-16(28)9-7-15)20(14)23(26(33)34)35-27(2,3)4/h6-13,23H,1-5H3,(H,33,34)/t23-/m0/s1. The number of nitrogens with zero attached hydrogens (tertiary/aromatic N) is 4. The minimum Gasteiger partial charge on any atom is -0.479 e. The van der Waals surface area contributed by atoms with Crippen molar-refractivity contribution in [2.75, 3.05) is 0 Å². The Morgan fingerprint density at radius 2 is 1.89 bits per heavy atom. The second kappa shape index (κ2) is 8.96. The van der Waals surface area contributed by atoms with Crippen LogP contribution in [0.4, 0.5) is 0 Å². The molecule has 5 aromatic rings. The first-order chi connectivity index (χ1) is 17.0. The second-order valence-corrected chi connectivity index (χ2v) is 11.1. The van der Waals surface area contributed by atoms with Crippen LogP contribution >= 0.6 is 22.9 Å². The van der Waals surface area contributed by atoms with Crippen molar-refractivity contribution < 1.29 is 14.6 Å². The first kappa shape index (κ1) is 24.4. The topological polar surface area (TPSA) is 90.1 Å². The van der Waals surface area contributed by atoms with Crippen molar-refractivity contribution in [2.45, 2.75) is 39.4 Å². The van der Waals surface area contributed by atoms with Gasteiger partial charge < -0.3 is 9.84 Å². The molecule has 0 aliphatic rings. The zero-order chi connectivity index (χ0) is 25.8. The minimum atomic E-state index is -1.16. The molecule has 36 heavy (non-hydrogen) atoms. The van der Waals surface area contributed by atoms with E-state index < -0.39 is 17.7 Å². The molecule has 184 valence electrons. The fourth-order valence-electron chi connectivity index (χ4n) is 4.44. The highest BCUT2D eigenvalue weighted by molar-refractivity contribution is 7.22. The number of fused-ring (bicyclic) bond motifs is 2. The largest absolute Gasteiger partial charge is 0.479 e. The lowest BCUT2D eigenvalue weighted by atomic mass is 9.91. The van der Waals surface area contributed by atoms with Crippen molar-refractivity contribution in [3.8, 4) is 21.8 Å². The highest BCUT2D eigenvalue weighted by Crippen LogP contribution is 2.45. The van der Waals surface area contributed by atoms with E-state index in [2.05, 4.69) is 10.1 Å². The summed E-state index contributed by atoms with van der Waals surface area (Å²) >= 11 is 7.69. The molecule has 7 nitrogen and oxygen atoms in total. The summed E-state index contributed by atoms with van der Waals surface area (Å²) in [4.78, 5) is 21.7. The van der Waals surface area contributed by atoms with Gasteiger partial charge in [0.2, 0.25) is 0 Å². The Balaban J connectivity index is 1.83. The maximum atomic E-state index is 12.5. The highest BCUT2D eigenvalue weighted by Gasteiger charge is 2.32. The van der Waals surface area contributed by atoms with E-state index in [1.165, 1.54) is 11.3 Å². The Morgan fingerprint density at radius 1 is 1.17 bits per heavy atom. The van der Waals surface area contributed by atoms with Gasteiger partial charge in [-0.15, -0.1) is 11.3 Å². The molecule has 0 bridgehead atoms. The first-order valence-electron chi connectivity index (χ1n) is 11.4. The Morgan fingerprint density at radius 3 is 2.56 bits per heavy atom. The molecular weight excluding hydrogens is 496 g/mol. The van der Waals surface area contributed by atoms with Crippen molar-refractivity contribution in [3.05, 3.63) is 64.9 Å². The number of hydrogen-bond donors (Lipinski definition) is 1. The molecule has 0 fully saturated rings. The number of halogens is 1. The van der Waals surface area contributed by atoms with Crippen LogP contribution in [0.5, 0.6) is 0 Å². The van der Waals surface area contributed by atoms with Gasteiger partial charge in [-0.2, -0.15) is 5.10 Å². The molecule has 5 rings (SSSR count). The lowest BCUT2D eigenvalue weighted by Gasteiger charge is -2.28. The number of aromatic nitrogens is 4. The fourth-order valence-corrected chi connectivity index (χ4v) is 5.78. The Labute approximate surface area is 217 Å². The zero-order valence-corrected chi connectivity index (χ0v) is 22.1. The van der Waals surface area contributed by atoms with Gasteiger partial charge in [0, 0.05) is 41.0 Å². The molecule has 0 unspecified atom stereocenters. The molecular formula is C27H25ClN4O3S. The van der Waals surface area contributed by atoms with E-state index in [1.54, 1.807) is 24.5 Å². The van der Waals surface area contributed by atoms with E-state index in [0.717, 1.165) is 48.5 Å². The van der Waals surface area contributed by atoms with Crippen LogP contribution in [0.3, 0.4) is 0 Å². The molecule has 3 aromatic heterocycles. The number of rotatable bonds is 5. The third-order valence-electron chi connectivity index (χ3n) is 5.86. The second-order valence-electron chi connectivity index (χ2n) is 9.67. The summed E-state index contributed by atoms with van der Waals surface area (Å²) in [6.07, 6.45) is 2.35. The predicted octanol–water partition coefficient (Wildman–Crippen LogP) is 6.81. The average molecular weight is 521 g/mol. The van der Waals surface area contributed by atoms with Gasteiger partial charge in [0.15, 0.2) is 6.10 Å².